The fraction of sp³-hybridized carbons (Fsp3) is 0.275. The molecule has 14 heteroatoms. The van der Waals surface area contributed by atoms with Crippen LogP contribution in [0.2, 0.25) is 0 Å². The van der Waals surface area contributed by atoms with Crippen LogP contribution in [-0.2, 0) is 82.3 Å². The highest BCUT2D eigenvalue weighted by Gasteiger charge is 2.58. The number of fused-ring (bicyclic) bond motifs is 1. The molecule has 2 saturated heterocycles. The first-order chi connectivity index (χ1) is 41.0. The van der Waals surface area contributed by atoms with Crippen molar-refractivity contribution in [1.29, 1.82) is 0 Å². The van der Waals surface area contributed by atoms with Gasteiger partial charge in [-0.05, 0) is 69.8 Å². The van der Waals surface area contributed by atoms with Crippen molar-refractivity contribution in [2.75, 3.05) is 20.3 Å². The van der Waals surface area contributed by atoms with Crippen LogP contribution in [0.3, 0.4) is 0 Å². The maximum Gasteiger partial charge on any atom is 0.262 e. The predicted octanol–water partition coefficient (Wildman–Crippen LogP) is 11.3. The quantitative estimate of drug-likeness (QED) is 0.0476. The van der Waals surface area contributed by atoms with Gasteiger partial charge in [-0.2, -0.15) is 0 Å². The minimum absolute atomic E-state index is 0.0332. The van der Waals surface area contributed by atoms with Crippen molar-refractivity contribution in [3.05, 3.63) is 275 Å². The molecule has 3 aliphatic heterocycles. The molecule has 3 heterocycles. The Labute approximate surface area is 484 Å². The summed E-state index contributed by atoms with van der Waals surface area (Å²) < 4.78 is 76.1. The Morgan fingerprint density at radius 3 is 1.14 bits per heavy atom. The van der Waals surface area contributed by atoms with Gasteiger partial charge in [0, 0.05) is 0 Å². The lowest BCUT2D eigenvalue weighted by molar-refractivity contribution is -0.364. The molecule has 0 saturated carbocycles. The van der Waals surface area contributed by atoms with Crippen LogP contribution in [0.1, 0.15) is 54.1 Å². The Bertz CT molecular complexity index is 3220. The molecule has 10 atom stereocenters. The second-order valence-electron chi connectivity index (χ2n) is 20.5. The number of nitrogens with zero attached hydrogens (tertiary/aromatic N) is 1. The Hall–Kier alpha value is -7.86. The van der Waals surface area contributed by atoms with Gasteiger partial charge >= 0.3 is 0 Å². The second kappa shape index (κ2) is 28.4. The fourth-order valence-corrected chi connectivity index (χ4v) is 10.7. The van der Waals surface area contributed by atoms with Gasteiger partial charge in [0.25, 0.3) is 11.8 Å². The lowest BCUT2D eigenvalue weighted by Gasteiger charge is -2.51. The lowest BCUT2D eigenvalue weighted by Crippen LogP contribution is -2.69. The molecular formula is C69H67NO13. The fourth-order valence-electron chi connectivity index (χ4n) is 10.7. The SMILES string of the molecule is COc1ccc(O[C@@H]2O[C@H](COCc3ccccc3)[C@@H](O[C@H]3O[C@H](COCc4ccccc4)[C@@H](OCc4ccccc4)[C@H](OCc4ccccc4)[C@@H]3OCc3ccccc3)[C@H](OCc3ccccc3)[C@H]2N2C(=O)c3ccccc3C2=O)cc1. The molecule has 2 fully saturated rings. The van der Waals surface area contributed by atoms with Crippen LogP contribution in [0.15, 0.2) is 231 Å². The number of imide groups is 1. The van der Waals surface area contributed by atoms with E-state index < -0.39 is 73.2 Å². The van der Waals surface area contributed by atoms with Gasteiger partial charge in [-0.3, -0.25) is 14.5 Å². The van der Waals surface area contributed by atoms with Crippen LogP contribution >= 0.6 is 0 Å². The minimum atomic E-state index is -1.34. The number of methoxy groups -OCH3 is 1. The summed E-state index contributed by atoms with van der Waals surface area (Å²) in [4.78, 5) is 31.3. The molecule has 0 spiro atoms. The molecule has 0 radical (unpaired) electrons. The molecule has 14 nitrogen and oxygen atoms in total. The average Bonchev–Trinajstić information content (AvgIpc) is 3.69. The summed E-state index contributed by atoms with van der Waals surface area (Å²) in [5.74, 6) is -0.113. The third-order valence-electron chi connectivity index (χ3n) is 14.9. The van der Waals surface area contributed by atoms with Gasteiger partial charge in [-0.1, -0.05) is 194 Å². The Morgan fingerprint density at radius 1 is 0.361 bits per heavy atom. The Balaban J connectivity index is 1.04. The predicted molar refractivity (Wildman–Crippen MR) is 309 cm³/mol. The highest BCUT2D eigenvalue weighted by Crippen LogP contribution is 2.40. The summed E-state index contributed by atoms with van der Waals surface area (Å²) >= 11 is 0. The van der Waals surface area contributed by atoms with Crippen molar-refractivity contribution in [1.82, 2.24) is 4.90 Å². The van der Waals surface area contributed by atoms with E-state index in [9.17, 15) is 0 Å². The standard InChI is InChI=1S/C69H67NO13/c1-73-54-36-38-55(39-37-54)80-68-60(70-66(71)56-34-20-21-35-57(56)67(70)72)63(77-43-51-28-14-5-15-29-51)62(59(81-68)47-75-41-49-24-10-3-11-25-49)83-69-65(79-45-53-32-18-7-19-33-53)64(78-44-52-30-16-6-17-31-52)61(76-42-50-26-12-4-13-27-50)58(82-69)46-74-40-48-22-8-2-9-23-48/h2-39,58-65,68-69H,40-47H2,1H3/t58-,59-,60-,61-,62-,63-,64+,65+,68-,69-/m1/s1. The van der Waals surface area contributed by atoms with E-state index in [1.165, 1.54) is 4.90 Å². The first-order valence-corrected chi connectivity index (χ1v) is 28.0. The molecule has 83 heavy (non-hydrogen) atoms. The van der Waals surface area contributed by atoms with Gasteiger partial charge in [-0.25, -0.2) is 0 Å². The van der Waals surface area contributed by atoms with Crippen LogP contribution < -0.4 is 9.47 Å². The van der Waals surface area contributed by atoms with Gasteiger partial charge in [0.05, 0.1) is 71.1 Å². The minimum Gasteiger partial charge on any atom is -0.497 e. The van der Waals surface area contributed by atoms with Crippen LogP contribution in [0.4, 0.5) is 0 Å². The van der Waals surface area contributed by atoms with Crippen molar-refractivity contribution >= 4 is 11.8 Å². The maximum atomic E-state index is 15.0. The Morgan fingerprint density at radius 2 is 0.711 bits per heavy atom. The van der Waals surface area contributed by atoms with E-state index in [0.717, 1.165) is 33.4 Å². The number of ether oxygens (including phenoxy) is 11. The average molecular weight is 1120 g/mol. The molecule has 8 aromatic carbocycles. The number of hydrogen-bond donors (Lipinski definition) is 0. The highest BCUT2D eigenvalue weighted by molar-refractivity contribution is 6.21. The van der Waals surface area contributed by atoms with E-state index in [-0.39, 0.29) is 64.0 Å². The molecule has 426 valence electrons. The van der Waals surface area contributed by atoms with E-state index in [2.05, 4.69) is 0 Å². The summed E-state index contributed by atoms with van der Waals surface area (Å²) in [6, 6.07) is 71.5. The third-order valence-corrected chi connectivity index (χ3v) is 14.9. The number of amides is 2. The monoisotopic (exact) mass is 1120 g/mol. The summed E-state index contributed by atoms with van der Waals surface area (Å²) in [5, 5.41) is 0. The zero-order valence-corrected chi connectivity index (χ0v) is 46.1. The van der Waals surface area contributed by atoms with Crippen molar-refractivity contribution in [2.24, 2.45) is 0 Å². The summed E-state index contributed by atoms with van der Waals surface area (Å²) in [6.45, 7) is 1.06. The number of rotatable bonds is 26. The Kier molecular flexibility index (Phi) is 19.5. The molecule has 0 unspecified atom stereocenters. The van der Waals surface area contributed by atoms with Crippen molar-refractivity contribution in [3.63, 3.8) is 0 Å². The molecule has 2 amide bonds. The van der Waals surface area contributed by atoms with E-state index in [1.54, 1.807) is 55.6 Å². The smallest absolute Gasteiger partial charge is 0.262 e. The number of benzene rings is 8. The second-order valence-corrected chi connectivity index (χ2v) is 20.5. The van der Waals surface area contributed by atoms with Gasteiger partial charge in [-0.15, -0.1) is 0 Å². The zero-order chi connectivity index (χ0) is 56.6. The first-order valence-electron chi connectivity index (χ1n) is 28.0. The van der Waals surface area contributed by atoms with Gasteiger partial charge in [0.15, 0.2) is 6.29 Å². The van der Waals surface area contributed by atoms with Crippen LogP contribution in [0.5, 0.6) is 11.5 Å². The summed E-state index contributed by atoms with van der Waals surface area (Å²) in [6.07, 6.45) is -9.53. The van der Waals surface area contributed by atoms with Crippen LogP contribution in [-0.4, -0.2) is 98.4 Å². The number of hydrogen-bond acceptors (Lipinski definition) is 13. The van der Waals surface area contributed by atoms with Crippen molar-refractivity contribution in [2.45, 2.75) is 101 Å². The van der Waals surface area contributed by atoms with Crippen LogP contribution in [0, 0.1) is 0 Å². The largest absolute Gasteiger partial charge is 0.497 e. The molecule has 3 aliphatic rings. The molecule has 0 aliphatic carbocycles. The zero-order valence-electron chi connectivity index (χ0n) is 46.1. The van der Waals surface area contributed by atoms with Gasteiger partial charge < -0.3 is 52.1 Å². The highest BCUT2D eigenvalue weighted by atomic mass is 16.8. The van der Waals surface area contributed by atoms with Crippen LogP contribution in [0.25, 0.3) is 0 Å². The van der Waals surface area contributed by atoms with E-state index in [0.29, 0.717) is 11.5 Å². The molecule has 0 N–H and O–H groups in total. The van der Waals surface area contributed by atoms with Crippen molar-refractivity contribution in [3.8, 4) is 11.5 Å². The molecule has 0 aromatic heterocycles. The van der Waals surface area contributed by atoms with E-state index >= 15 is 9.59 Å². The molecule has 11 rings (SSSR count). The maximum absolute atomic E-state index is 15.0. The summed E-state index contributed by atoms with van der Waals surface area (Å²) in [5.41, 5.74) is 5.95. The van der Waals surface area contributed by atoms with Gasteiger partial charge in [0.1, 0.15) is 60.3 Å². The normalized spacial score (nSPS) is 23.2. The molecule has 0 bridgehead atoms. The topological polar surface area (TPSA) is 139 Å². The molecular weight excluding hydrogens is 1050 g/mol. The van der Waals surface area contributed by atoms with Crippen molar-refractivity contribution < 1.29 is 61.7 Å². The molecule has 8 aromatic rings. The number of carbonyl (C=O) groups excluding carboxylic acids is 2. The first kappa shape index (κ1) is 57.0. The van der Waals surface area contributed by atoms with E-state index in [4.69, 9.17) is 52.1 Å². The summed E-state index contributed by atoms with van der Waals surface area (Å²) in [7, 11) is 1.58. The lowest BCUT2D eigenvalue weighted by atomic mass is 9.93. The van der Waals surface area contributed by atoms with Gasteiger partial charge in [0.2, 0.25) is 6.29 Å². The van der Waals surface area contributed by atoms with E-state index in [1.807, 2.05) is 182 Å². The third kappa shape index (κ3) is 14.5. The number of carbonyl (C=O) groups is 2.